The Morgan fingerprint density at radius 3 is 1.93 bits per heavy atom. The molecule has 0 aliphatic heterocycles. The summed E-state index contributed by atoms with van der Waals surface area (Å²) >= 11 is 10.3. The van der Waals surface area contributed by atoms with Gasteiger partial charge < -0.3 is 0 Å². The van der Waals surface area contributed by atoms with Gasteiger partial charge in [-0.15, -0.1) is 0 Å². The van der Waals surface area contributed by atoms with Gasteiger partial charge in [0.2, 0.25) is 5.32 Å². The molecule has 3 heteroatoms. The zero-order valence-corrected chi connectivity index (χ0v) is 12.2. The standard InChI is InChI=1S/C11H16BrClP/c1-8(2)14(12,13)11-6-9(3)5-10(4)7-11/h5-8H,1-4H3/q+1. The average Bonchev–Trinajstić information content (AvgIpc) is 2.01. The third-order valence-electron chi connectivity index (χ3n) is 2.20. The molecule has 0 aliphatic rings. The highest BCUT2D eigenvalue weighted by Crippen LogP contribution is 2.73. The van der Waals surface area contributed by atoms with E-state index in [0.29, 0.717) is 5.66 Å². The lowest BCUT2D eigenvalue weighted by Gasteiger charge is -2.15. The first-order valence-electron chi connectivity index (χ1n) is 4.71. The molecule has 0 radical (unpaired) electrons. The van der Waals surface area contributed by atoms with E-state index in [-0.39, 0.29) is 0 Å². The summed E-state index contributed by atoms with van der Waals surface area (Å²) in [7, 11) is 0. The zero-order chi connectivity index (χ0) is 10.9. The van der Waals surface area contributed by atoms with Crippen LogP contribution in [0.15, 0.2) is 18.2 Å². The molecule has 0 aromatic heterocycles. The lowest BCUT2D eigenvalue weighted by atomic mass is 10.2. The summed E-state index contributed by atoms with van der Waals surface area (Å²) in [6, 6.07) is 6.54. The second-order valence-electron chi connectivity index (χ2n) is 4.00. The van der Waals surface area contributed by atoms with Gasteiger partial charge in [-0.25, -0.2) is 0 Å². The van der Waals surface area contributed by atoms with E-state index >= 15 is 0 Å². The SMILES string of the molecule is Cc1cc(C)cc([P+](Cl)(Br)C(C)C)c1. The van der Waals surface area contributed by atoms with Crippen molar-refractivity contribution in [3.8, 4) is 0 Å². The number of hydrogen-bond donors (Lipinski definition) is 0. The number of hydrogen-bond acceptors (Lipinski definition) is 0. The maximum atomic E-state index is 6.57. The van der Waals surface area contributed by atoms with E-state index in [1.165, 1.54) is 16.4 Å². The Morgan fingerprint density at radius 2 is 1.57 bits per heavy atom. The molecule has 0 aliphatic carbocycles. The Hall–Kier alpha value is 0.420. The predicted octanol–water partition coefficient (Wildman–Crippen LogP) is 4.82. The summed E-state index contributed by atoms with van der Waals surface area (Å²) in [5, 5.41) is -0.380. The minimum absolute atomic E-state index is 0.463. The van der Waals surface area contributed by atoms with E-state index in [1.807, 2.05) is 0 Å². The molecule has 0 saturated heterocycles. The van der Waals surface area contributed by atoms with Crippen molar-refractivity contribution in [3.63, 3.8) is 0 Å². The Kier molecular flexibility index (Phi) is 4.03. The Bertz CT molecular complexity index is 314. The van der Waals surface area contributed by atoms with Crippen molar-refractivity contribution in [2.24, 2.45) is 0 Å². The summed E-state index contributed by atoms with van der Waals surface area (Å²) in [5.41, 5.74) is 3.03. The molecule has 0 nitrogen and oxygen atoms in total. The minimum Gasteiger partial charge on any atom is -0.0561 e. The fraction of sp³-hybridized carbons (Fsp3) is 0.455. The van der Waals surface area contributed by atoms with Gasteiger partial charge in [0, 0.05) is 0 Å². The molecule has 0 fully saturated rings. The Labute approximate surface area is 99.9 Å². The predicted molar refractivity (Wildman–Crippen MR) is 72.4 cm³/mol. The van der Waals surface area contributed by atoms with Crippen LogP contribution in [0.3, 0.4) is 0 Å². The van der Waals surface area contributed by atoms with E-state index in [2.05, 4.69) is 61.4 Å². The van der Waals surface area contributed by atoms with Gasteiger partial charge in [0.25, 0.3) is 0 Å². The van der Waals surface area contributed by atoms with Gasteiger partial charge in [0.05, 0.1) is 5.66 Å². The van der Waals surface area contributed by atoms with Gasteiger partial charge in [-0.05, 0) is 51.0 Å². The van der Waals surface area contributed by atoms with Crippen molar-refractivity contribution in [2.75, 3.05) is 0 Å². The molecular formula is C11H16BrClP+. The molecule has 0 bridgehead atoms. The number of benzene rings is 1. The topological polar surface area (TPSA) is 0 Å². The van der Waals surface area contributed by atoms with Crippen molar-refractivity contribution in [2.45, 2.75) is 33.4 Å². The fourth-order valence-electron chi connectivity index (χ4n) is 1.42. The molecule has 1 unspecified atom stereocenters. The monoisotopic (exact) mass is 293 g/mol. The van der Waals surface area contributed by atoms with Crippen molar-refractivity contribution in [1.29, 1.82) is 0 Å². The third-order valence-corrected chi connectivity index (χ3v) is 9.89. The zero-order valence-electron chi connectivity index (χ0n) is 9.01. The van der Waals surface area contributed by atoms with E-state index in [0.717, 1.165) is 0 Å². The van der Waals surface area contributed by atoms with Crippen LogP contribution in [0.4, 0.5) is 0 Å². The highest BCUT2D eigenvalue weighted by Gasteiger charge is 2.41. The Morgan fingerprint density at radius 1 is 1.14 bits per heavy atom. The van der Waals surface area contributed by atoms with Crippen LogP contribution in [0, 0.1) is 13.8 Å². The average molecular weight is 295 g/mol. The molecule has 0 N–H and O–H groups in total. The number of halogens is 2. The molecule has 1 aromatic rings. The summed E-state index contributed by atoms with van der Waals surface area (Å²) < 4.78 is 0. The highest BCUT2D eigenvalue weighted by atomic mass is 79.9. The van der Waals surface area contributed by atoms with Crippen LogP contribution in [0.2, 0.25) is 0 Å². The molecule has 0 saturated carbocycles. The largest absolute Gasteiger partial charge is 0.216 e. The lowest BCUT2D eigenvalue weighted by molar-refractivity contribution is 1.10. The first-order chi connectivity index (χ1) is 6.34. The first kappa shape index (κ1) is 12.5. The molecule has 14 heavy (non-hydrogen) atoms. The highest BCUT2D eigenvalue weighted by molar-refractivity contribution is 9.45. The summed E-state index contributed by atoms with van der Waals surface area (Å²) in [6.07, 6.45) is 0. The van der Waals surface area contributed by atoms with E-state index in [1.54, 1.807) is 0 Å². The van der Waals surface area contributed by atoms with Crippen LogP contribution >= 0.6 is 32.0 Å². The lowest BCUT2D eigenvalue weighted by Crippen LogP contribution is -2.10. The van der Waals surface area contributed by atoms with Gasteiger partial charge in [0.1, 0.15) is 16.5 Å². The van der Waals surface area contributed by atoms with Crippen LogP contribution in [0.1, 0.15) is 25.0 Å². The van der Waals surface area contributed by atoms with Crippen LogP contribution in [0.25, 0.3) is 0 Å². The van der Waals surface area contributed by atoms with Gasteiger partial charge >= 0.3 is 0 Å². The van der Waals surface area contributed by atoms with Crippen molar-refractivity contribution in [3.05, 3.63) is 29.3 Å². The molecule has 1 rings (SSSR count). The van der Waals surface area contributed by atoms with E-state index < -0.39 is 5.32 Å². The summed E-state index contributed by atoms with van der Waals surface area (Å²) in [5.74, 6) is 0. The van der Waals surface area contributed by atoms with E-state index in [9.17, 15) is 0 Å². The van der Waals surface area contributed by atoms with Gasteiger partial charge in [-0.1, -0.05) is 6.07 Å². The molecule has 0 heterocycles. The van der Waals surface area contributed by atoms with Gasteiger partial charge in [-0.2, -0.15) is 0 Å². The molecule has 1 aromatic carbocycles. The molecular weight excluding hydrogens is 278 g/mol. The second kappa shape index (κ2) is 4.51. The molecule has 0 spiro atoms. The van der Waals surface area contributed by atoms with Crippen molar-refractivity contribution in [1.82, 2.24) is 0 Å². The smallest absolute Gasteiger partial charge is 0.0561 e. The summed E-state index contributed by atoms with van der Waals surface area (Å²) in [6.45, 7) is 8.54. The summed E-state index contributed by atoms with van der Waals surface area (Å²) in [4.78, 5) is 0. The van der Waals surface area contributed by atoms with Gasteiger partial charge in [-0.3, -0.25) is 0 Å². The van der Waals surface area contributed by atoms with Crippen LogP contribution in [-0.2, 0) is 0 Å². The molecule has 78 valence electrons. The maximum Gasteiger partial charge on any atom is 0.216 e. The quantitative estimate of drug-likeness (QED) is 0.686. The normalized spacial score (nSPS) is 15.6. The molecule has 0 amide bonds. The van der Waals surface area contributed by atoms with E-state index in [4.69, 9.17) is 11.2 Å². The fourth-order valence-corrected chi connectivity index (χ4v) is 3.68. The number of rotatable bonds is 2. The van der Waals surface area contributed by atoms with Gasteiger partial charge in [0.15, 0.2) is 15.5 Å². The van der Waals surface area contributed by atoms with Crippen LogP contribution in [0.5, 0.6) is 0 Å². The van der Waals surface area contributed by atoms with Crippen LogP contribution in [-0.4, -0.2) is 5.66 Å². The number of aryl methyl sites for hydroxylation is 2. The Balaban J connectivity index is 3.18. The maximum absolute atomic E-state index is 6.57. The van der Waals surface area contributed by atoms with Crippen molar-refractivity contribution < 1.29 is 0 Å². The molecule has 1 atom stereocenters. The second-order valence-corrected chi connectivity index (χ2v) is 12.8. The van der Waals surface area contributed by atoms with Crippen LogP contribution < -0.4 is 5.30 Å². The third kappa shape index (κ3) is 2.72. The first-order valence-corrected chi connectivity index (χ1v) is 9.49. The minimum atomic E-state index is -1.64. The van der Waals surface area contributed by atoms with Crippen molar-refractivity contribution >= 4 is 37.4 Å².